The number of benzene rings is 2. The largest absolute Gasteiger partial charge is 0.494 e. The van der Waals surface area contributed by atoms with Crippen molar-refractivity contribution in [2.45, 2.75) is 58.5 Å². The second kappa shape index (κ2) is 14.9. The second-order valence-electron chi connectivity index (χ2n) is 11.6. The van der Waals surface area contributed by atoms with Crippen molar-refractivity contribution in [3.63, 3.8) is 0 Å². The van der Waals surface area contributed by atoms with Gasteiger partial charge in [-0.05, 0) is 78.3 Å². The van der Waals surface area contributed by atoms with Crippen molar-refractivity contribution in [1.82, 2.24) is 0 Å². The Balaban J connectivity index is 1.60. The van der Waals surface area contributed by atoms with Gasteiger partial charge in [-0.15, -0.1) is 11.8 Å². The van der Waals surface area contributed by atoms with Crippen molar-refractivity contribution < 1.29 is 18.3 Å². The molecule has 0 radical (unpaired) electrons. The maximum absolute atomic E-state index is 15.3. The van der Waals surface area contributed by atoms with Gasteiger partial charge in [-0.3, -0.25) is 4.99 Å². The standard InChI is InChI=1S/C35H42F2N4O2S/c1-22-6-8-24(9-7-22)25-17-27(35(3,4)26-10-12-31(37)32(19-26)42-5)20-41-33(18-25)44-21-29-23(2)16-28(11-13-30(29)36)43-15-14-40-34(38)39/h6-10,12,16,18-20,28H,11,13-15,17,21H2,1-5H3,(H4,38,39,40). The fraction of sp³-hybridized carbons (Fsp3) is 0.371. The molecule has 0 bridgehead atoms. The van der Waals surface area contributed by atoms with Crippen LogP contribution in [0.3, 0.4) is 0 Å². The summed E-state index contributed by atoms with van der Waals surface area (Å²) in [5.41, 5.74) is 17.2. The number of aryl methyl sites for hydroxylation is 1. The summed E-state index contributed by atoms with van der Waals surface area (Å²) in [5.74, 6) is 0.152. The molecule has 0 spiro atoms. The Kier molecular flexibility index (Phi) is 11.2. The summed E-state index contributed by atoms with van der Waals surface area (Å²) >= 11 is 1.51. The normalized spacial score (nSPS) is 17.6. The number of nitrogens with two attached hydrogens (primary N) is 2. The third kappa shape index (κ3) is 8.48. The van der Waals surface area contributed by atoms with Crippen molar-refractivity contribution >= 4 is 28.3 Å². The van der Waals surface area contributed by atoms with Crippen LogP contribution in [0.2, 0.25) is 0 Å². The van der Waals surface area contributed by atoms with E-state index >= 15 is 4.39 Å². The van der Waals surface area contributed by atoms with E-state index < -0.39 is 11.2 Å². The topological polar surface area (TPSA) is 95.2 Å². The maximum atomic E-state index is 15.3. The number of methoxy groups -OCH3 is 1. The molecule has 1 atom stereocenters. The smallest absolute Gasteiger partial charge is 0.185 e. The van der Waals surface area contributed by atoms with Crippen LogP contribution >= 0.6 is 11.8 Å². The Morgan fingerprint density at radius 3 is 2.57 bits per heavy atom. The Bertz CT molecular complexity index is 1530. The number of halogens is 2. The van der Waals surface area contributed by atoms with Crippen molar-refractivity contribution in [1.29, 1.82) is 0 Å². The molecule has 0 saturated carbocycles. The summed E-state index contributed by atoms with van der Waals surface area (Å²) in [5, 5.41) is 0.797. The summed E-state index contributed by atoms with van der Waals surface area (Å²) in [7, 11) is 1.47. The van der Waals surface area contributed by atoms with Gasteiger partial charge >= 0.3 is 0 Å². The van der Waals surface area contributed by atoms with Gasteiger partial charge in [-0.2, -0.15) is 0 Å². The lowest BCUT2D eigenvalue weighted by Crippen LogP contribution is -2.24. The highest BCUT2D eigenvalue weighted by atomic mass is 32.2. The van der Waals surface area contributed by atoms with Gasteiger partial charge in [0, 0.05) is 23.8 Å². The van der Waals surface area contributed by atoms with Crippen LogP contribution in [-0.4, -0.2) is 43.1 Å². The minimum absolute atomic E-state index is 0.0236. The van der Waals surface area contributed by atoms with Crippen molar-refractivity contribution in [3.05, 3.63) is 106 Å². The molecule has 1 aliphatic carbocycles. The van der Waals surface area contributed by atoms with E-state index in [-0.39, 0.29) is 23.6 Å². The first-order valence-corrected chi connectivity index (χ1v) is 15.7. The monoisotopic (exact) mass is 620 g/mol. The minimum Gasteiger partial charge on any atom is -0.494 e. The predicted octanol–water partition coefficient (Wildman–Crippen LogP) is 7.55. The summed E-state index contributed by atoms with van der Waals surface area (Å²) in [6.45, 7) is 8.93. The van der Waals surface area contributed by atoms with Crippen molar-refractivity contribution in [2.75, 3.05) is 26.0 Å². The molecule has 0 aromatic heterocycles. The van der Waals surface area contributed by atoms with Gasteiger partial charge < -0.3 is 20.9 Å². The molecule has 2 aromatic carbocycles. The van der Waals surface area contributed by atoms with Crippen LogP contribution in [0.1, 0.15) is 56.7 Å². The summed E-state index contributed by atoms with van der Waals surface area (Å²) in [6, 6.07) is 13.4. The van der Waals surface area contributed by atoms with E-state index in [2.05, 4.69) is 56.1 Å². The van der Waals surface area contributed by atoms with E-state index in [0.717, 1.165) is 32.9 Å². The number of ether oxygens (including phenoxy) is 2. The lowest BCUT2D eigenvalue weighted by atomic mass is 9.75. The van der Waals surface area contributed by atoms with E-state index in [4.69, 9.17) is 25.9 Å². The highest BCUT2D eigenvalue weighted by Crippen LogP contribution is 2.41. The molecule has 4 N–H and O–H groups in total. The molecule has 1 heterocycles. The van der Waals surface area contributed by atoms with E-state index in [1.54, 1.807) is 12.1 Å². The molecule has 6 nitrogen and oxygen atoms in total. The van der Waals surface area contributed by atoms with E-state index in [1.807, 2.05) is 19.2 Å². The van der Waals surface area contributed by atoms with Crippen LogP contribution in [0.5, 0.6) is 5.75 Å². The Labute approximate surface area is 263 Å². The highest BCUT2D eigenvalue weighted by molar-refractivity contribution is 8.14. The lowest BCUT2D eigenvalue weighted by Gasteiger charge is -2.29. The molecule has 4 rings (SSSR count). The van der Waals surface area contributed by atoms with Gasteiger partial charge in [0.1, 0.15) is 5.83 Å². The average Bonchev–Trinajstić information content (AvgIpc) is 3.29. The van der Waals surface area contributed by atoms with Crippen LogP contribution in [-0.2, 0) is 10.2 Å². The summed E-state index contributed by atoms with van der Waals surface area (Å²) in [6.07, 6.45) is 7.29. The third-order valence-electron chi connectivity index (χ3n) is 8.09. The number of thioether (sulfide) groups is 1. The Morgan fingerprint density at radius 2 is 1.86 bits per heavy atom. The van der Waals surface area contributed by atoms with Gasteiger partial charge in [-0.25, -0.2) is 13.8 Å². The van der Waals surface area contributed by atoms with E-state index in [0.29, 0.717) is 43.7 Å². The lowest BCUT2D eigenvalue weighted by molar-refractivity contribution is 0.0852. The molecule has 2 aromatic rings. The first-order chi connectivity index (χ1) is 21.0. The molecule has 44 heavy (non-hydrogen) atoms. The first kappa shape index (κ1) is 33.2. The summed E-state index contributed by atoms with van der Waals surface area (Å²) in [4.78, 5) is 8.85. The fourth-order valence-corrected chi connectivity index (χ4v) is 6.25. The fourth-order valence-electron chi connectivity index (χ4n) is 5.22. The number of allylic oxidation sites excluding steroid dienone is 4. The number of nitrogens with zero attached hydrogens (tertiary/aromatic N) is 2. The van der Waals surface area contributed by atoms with Crippen LogP contribution in [0.4, 0.5) is 8.78 Å². The quantitative estimate of drug-likeness (QED) is 0.163. The molecule has 9 heteroatoms. The second-order valence-corrected chi connectivity index (χ2v) is 12.6. The SMILES string of the molecule is COc1cc(C(C)(C)C2=CN=C(SCC3=C(F)CCC(OCCN=C(N)N)C=C3C)C=C(c3ccc(C)cc3)C2)ccc1F. The zero-order valence-corrected chi connectivity index (χ0v) is 26.9. The third-order valence-corrected chi connectivity index (χ3v) is 9.05. The molecule has 1 unspecified atom stereocenters. The Morgan fingerprint density at radius 1 is 1.11 bits per heavy atom. The zero-order chi connectivity index (χ0) is 31.9. The van der Waals surface area contributed by atoms with Gasteiger partial charge in [0.25, 0.3) is 0 Å². The van der Waals surface area contributed by atoms with Crippen LogP contribution in [0, 0.1) is 12.7 Å². The van der Waals surface area contributed by atoms with Gasteiger partial charge in [-0.1, -0.05) is 55.8 Å². The molecule has 0 fully saturated rings. The number of hydrogen-bond donors (Lipinski definition) is 2. The van der Waals surface area contributed by atoms with Gasteiger partial charge in [0.05, 0.1) is 31.4 Å². The highest BCUT2D eigenvalue weighted by Gasteiger charge is 2.29. The van der Waals surface area contributed by atoms with E-state index in [9.17, 15) is 4.39 Å². The van der Waals surface area contributed by atoms with Gasteiger partial charge in [0.15, 0.2) is 17.5 Å². The zero-order valence-electron chi connectivity index (χ0n) is 26.1. The number of guanidine groups is 1. The maximum Gasteiger partial charge on any atom is 0.185 e. The molecule has 2 aliphatic rings. The number of aliphatic imine (C=N–C) groups is 2. The molecule has 0 amide bonds. The number of rotatable bonds is 10. The van der Waals surface area contributed by atoms with Crippen LogP contribution in [0.25, 0.3) is 5.57 Å². The molecular weight excluding hydrogens is 578 g/mol. The van der Waals surface area contributed by atoms with E-state index in [1.165, 1.54) is 30.5 Å². The minimum atomic E-state index is -0.459. The Hall–Kier alpha value is -3.69. The number of hydrogen-bond acceptors (Lipinski definition) is 5. The first-order valence-electron chi connectivity index (χ1n) is 14.7. The summed E-state index contributed by atoms with van der Waals surface area (Å²) < 4.78 is 40.8. The van der Waals surface area contributed by atoms with Crippen LogP contribution < -0.4 is 16.2 Å². The van der Waals surface area contributed by atoms with Gasteiger partial charge in [0.2, 0.25) is 0 Å². The van der Waals surface area contributed by atoms with Crippen LogP contribution in [0.15, 0.2) is 93.3 Å². The molecule has 234 valence electrons. The van der Waals surface area contributed by atoms with Crippen molar-refractivity contribution in [3.8, 4) is 5.75 Å². The average molecular weight is 621 g/mol. The molecule has 1 aliphatic heterocycles. The molecule has 0 saturated heterocycles. The van der Waals surface area contributed by atoms with Crippen molar-refractivity contribution in [2.24, 2.45) is 21.5 Å². The molecular formula is C35H42F2N4O2S. The predicted molar refractivity (Wildman–Crippen MR) is 179 cm³/mol.